The lowest BCUT2D eigenvalue weighted by Crippen LogP contribution is -2.47. The second kappa shape index (κ2) is 18.9. The van der Waals surface area contributed by atoms with Gasteiger partial charge in [-0.15, -0.1) is 0 Å². The van der Waals surface area contributed by atoms with Crippen molar-refractivity contribution in [2.75, 3.05) is 46.9 Å². The Bertz CT molecular complexity index is 512. The molecule has 0 aliphatic rings. The SMILES string of the molecule is CCC(OC(OC=O)OCC(CO)OCOCC(O)C(COC)NC(C)=O)C(O)C(O)CO. The highest BCUT2D eigenvalue weighted by Gasteiger charge is 2.29. The fraction of sp³-hybridized carbons (Fsp3) is 0.895. The quantitative estimate of drug-likeness (QED) is 0.0538. The Balaban J connectivity index is 4.56. The molecule has 0 aromatic heterocycles. The van der Waals surface area contributed by atoms with Crippen molar-refractivity contribution in [1.29, 1.82) is 0 Å². The van der Waals surface area contributed by atoms with Crippen LogP contribution in [0.5, 0.6) is 0 Å². The highest BCUT2D eigenvalue weighted by atomic mass is 16.9. The predicted molar refractivity (Wildman–Crippen MR) is 109 cm³/mol. The van der Waals surface area contributed by atoms with Gasteiger partial charge in [0.15, 0.2) is 0 Å². The molecule has 196 valence electrons. The molecule has 0 aromatic rings. The molecule has 0 aliphatic heterocycles. The van der Waals surface area contributed by atoms with Gasteiger partial charge in [0.05, 0.1) is 51.3 Å². The first-order valence-electron chi connectivity index (χ1n) is 10.3. The summed E-state index contributed by atoms with van der Waals surface area (Å²) in [6, 6.07) is -0.686. The molecule has 7 atom stereocenters. The molecule has 0 rings (SSSR count). The third kappa shape index (κ3) is 13.7. The summed E-state index contributed by atoms with van der Waals surface area (Å²) in [4.78, 5) is 21.9. The van der Waals surface area contributed by atoms with Crippen LogP contribution in [0.4, 0.5) is 0 Å². The average Bonchev–Trinajstić information content (AvgIpc) is 2.79. The van der Waals surface area contributed by atoms with Crippen LogP contribution >= 0.6 is 0 Å². The first-order chi connectivity index (χ1) is 15.7. The summed E-state index contributed by atoms with van der Waals surface area (Å²) in [5.41, 5.74) is 0. The van der Waals surface area contributed by atoms with Crippen molar-refractivity contribution >= 4 is 12.4 Å². The van der Waals surface area contributed by atoms with E-state index in [-0.39, 0.29) is 45.4 Å². The van der Waals surface area contributed by atoms with E-state index in [1.54, 1.807) is 6.92 Å². The van der Waals surface area contributed by atoms with E-state index in [4.69, 9.17) is 28.8 Å². The van der Waals surface area contributed by atoms with Gasteiger partial charge in [0.1, 0.15) is 25.1 Å². The minimum Gasteiger partial charge on any atom is -0.413 e. The summed E-state index contributed by atoms with van der Waals surface area (Å²) in [6.07, 6.45) is -5.78. The van der Waals surface area contributed by atoms with E-state index in [1.807, 2.05) is 0 Å². The van der Waals surface area contributed by atoms with Gasteiger partial charge in [-0.2, -0.15) is 0 Å². The number of carbonyl (C=O) groups is 2. The third-order valence-electron chi connectivity index (χ3n) is 4.31. The second-order valence-corrected chi connectivity index (χ2v) is 6.97. The van der Waals surface area contributed by atoms with Gasteiger partial charge in [0.25, 0.3) is 6.47 Å². The lowest BCUT2D eigenvalue weighted by atomic mass is 10.1. The topological polar surface area (TPSA) is 203 Å². The maximum atomic E-state index is 11.2. The van der Waals surface area contributed by atoms with Crippen LogP contribution in [0.2, 0.25) is 0 Å². The molecule has 33 heavy (non-hydrogen) atoms. The van der Waals surface area contributed by atoms with Crippen molar-refractivity contribution in [2.24, 2.45) is 0 Å². The Morgan fingerprint density at radius 1 is 1.03 bits per heavy atom. The summed E-state index contributed by atoms with van der Waals surface area (Å²) in [7, 11) is 1.42. The van der Waals surface area contributed by atoms with E-state index in [0.717, 1.165) is 0 Å². The Kier molecular flexibility index (Phi) is 18.1. The maximum Gasteiger partial charge on any atom is 0.318 e. The first kappa shape index (κ1) is 31.5. The van der Waals surface area contributed by atoms with Crippen molar-refractivity contribution in [1.82, 2.24) is 5.32 Å². The molecular weight excluding hydrogens is 450 g/mol. The highest BCUT2D eigenvalue weighted by Crippen LogP contribution is 2.13. The summed E-state index contributed by atoms with van der Waals surface area (Å²) < 4.78 is 30.6. The number of methoxy groups -OCH3 is 1. The Labute approximate surface area is 192 Å². The number of rotatable bonds is 21. The third-order valence-corrected chi connectivity index (χ3v) is 4.31. The number of ether oxygens (including phenoxy) is 6. The van der Waals surface area contributed by atoms with Crippen molar-refractivity contribution in [3.8, 4) is 0 Å². The van der Waals surface area contributed by atoms with Gasteiger partial charge in [-0.3, -0.25) is 9.59 Å². The van der Waals surface area contributed by atoms with Crippen LogP contribution in [0.1, 0.15) is 20.3 Å². The van der Waals surface area contributed by atoms with Gasteiger partial charge in [-0.1, -0.05) is 6.92 Å². The largest absolute Gasteiger partial charge is 0.413 e. The summed E-state index contributed by atoms with van der Waals surface area (Å²) in [5.74, 6) is -0.345. The monoisotopic (exact) mass is 487 g/mol. The predicted octanol–water partition coefficient (Wildman–Crippen LogP) is -3.17. The van der Waals surface area contributed by atoms with Crippen molar-refractivity contribution in [3.05, 3.63) is 0 Å². The molecular formula is C19H37NO13. The molecule has 0 heterocycles. The fourth-order valence-electron chi connectivity index (χ4n) is 2.53. The highest BCUT2D eigenvalue weighted by molar-refractivity contribution is 5.73. The minimum atomic E-state index is -1.58. The van der Waals surface area contributed by atoms with Crippen molar-refractivity contribution in [3.63, 3.8) is 0 Å². The number of carbonyl (C=O) groups excluding carboxylic acids is 2. The molecule has 0 aromatic carbocycles. The molecule has 0 radical (unpaired) electrons. The summed E-state index contributed by atoms with van der Waals surface area (Å²) in [5, 5.41) is 50.5. The van der Waals surface area contributed by atoms with Gasteiger partial charge in [0, 0.05) is 14.0 Å². The van der Waals surface area contributed by atoms with E-state index in [1.165, 1.54) is 14.0 Å². The van der Waals surface area contributed by atoms with Crippen molar-refractivity contribution in [2.45, 2.75) is 63.3 Å². The van der Waals surface area contributed by atoms with Crippen LogP contribution < -0.4 is 5.32 Å². The van der Waals surface area contributed by atoms with Crippen LogP contribution in [0.15, 0.2) is 0 Å². The number of hydrogen-bond donors (Lipinski definition) is 6. The molecule has 0 saturated heterocycles. The van der Waals surface area contributed by atoms with E-state index >= 15 is 0 Å². The molecule has 1 amide bonds. The Morgan fingerprint density at radius 3 is 2.24 bits per heavy atom. The zero-order valence-electron chi connectivity index (χ0n) is 19.1. The minimum absolute atomic E-state index is 0.0526. The van der Waals surface area contributed by atoms with Crippen LogP contribution in [0, 0.1) is 0 Å². The fourth-order valence-corrected chi connectivity index (χ4v) is 2.53. The molecule has 6 N–H and O–H groups in total. The van der Waals surface area contributed by atoms with Crippen molar-refractivity contribution < 1.29 is 63.5 Å². The molecule has 7 unspecified atom stereocenters. The number of aliphatic hydroxyl groups is 5. The lowest BCUT2D eigenvalue weighted by Gasteiger charge is -2.28. The molecule has 0 bridgehead atoms. The number of aliphatic hydroxyl groups excluding tert-OH is 5. The molecule has 0 fully saturated rings. The Hall–Kier alpha value is -1.46. The smallest absolute Gasteiger partial charge is 0.318 e. The van der Waals surface area contributed by atoms with E-state index in [0.29, 0.717) is 0 Å². The van der Waals surface area contributed by atoms with E-state index < -0.39 is 56.3 Å². The first-order valence-corrected chi connectivity index (χ1v) is 10.3. The zero-order valence-corrected chi connectivity index (χ0v) is 19.1. The Morgan fingerprint density at radius 2 is 1.73 bits per heavy atom. The van der Waals surface area contributed by atoms with E-state index in [2.05, 4.69) is 10.1 Å². The molecule has 14 nitrogen and oxygen atoms in total. The lowest BCUT2D eigenvalue weighted by molar-refractivity contribution is -0.307. The van der Waals surface area contributed by atoms with Crippen LogP contribution in [-0.4, -0.2) is 128 Å². The standard InChI is InChI=1S/C19H37NO13/c1-4-17(18(27)15(25)6-22)33-19(31-10-23)30-7-13(5-21)32-11-29-9-16(26)14(8-28-3)20-12(2)24/h10,13-19,21-22,25-27H,4-9,11H2,1-3H3,(H,20,24). The van der Waals surface area contributed by atoms with E-state index in [9.17, 15) is 30.0 Å². The molecule has 0 spiro atoms. The van der Waals surface area contributed by atoms with Gasteiger partial charge in [-0.05, 0) is 6.42 Å². The molecule has 0 aliphatic carbocycles. The van der Waals surface area contributed by atoms with Gasteiger partial charge < -0.3 is 59.3 Å². The second-order valence-electron chi connectivity index (χ2n) is 6.97. The van der Waals surface area contributed by atoms with Gasteiger partial charge in [-0.25, -0.2) is 0 Å². The van der Waals surface area contributed by atoms with Crippen LogP contribution in [-0.2, 0) is 38.0 Å². The number of hydrogen-bond acceptors (Lipinski definition) is 13. The number of amides is 1. The normalized spacial score (nSPS) is 17.9. The summed E-state index contributed by atoms with van der Waals surface area (Å²) in [6.45, 7) is -0.584. The zero-order chi connectivity index (χ0) is 25.2. The number of nitrogens with one attached hydrogen (secondary N) is 1. The van der Waals surface area contributed by atoms with Gasteiger partial charge in [0.2, 0.25) is 5.91 Å². The maximum absolute atomic E-state index is 11.2. The van der Waals surface area contributed by atoms with Gasteiger partial charge >= 0.3 is 6.48 Å². The average molecular weight is 487 g/mol. The van der Waals surface area contributed by atoms with Crippen LogP contribution in [0.3, 0.4) is 0 Å². The summed E-state index contributed by atoms with van der Waals surface area (Å²) >= 11 is 0. The molecule has 0 saturated carbocycles. The molecule has 14 heteroatoms. The van der Waals surface area contributed by atoms with Crippen LogP contribution in [0.25, 0.3) is 0 Å².